The lowest BCUT2D eigenvalue weighted by Crippen LogP contribution is -2.02. The Kier molecular flexibility index (Phi) is 4.97. The third-order valence-electron chi connectivity index (χ3n) is 2.62. The highest BCUT2D eigenvalue weighted by Gasteiger charge is 2.03. The fourth-order valence-corrected chi connectivity index (χ4v) is 2.02. The summed E-state index contributed by atoms with van der Waals surface area (Å²) in [5.74, 6) is 0.318. The molecule has 0 radical (unpaired) electrons. The fraction of sp³-hybridized carbons (Fsp3) is 0.133. The summed E-state index contributed by atoms with van der Waals surface area (Å²) >= 11 is 3.22. The second-order valence-corrected chi connectivity index (χ2v) is 4.99. The number of hydrogen-bond acceptors (Lipinski definition) is 3. The summed E-state index contributed by atoms with van der Waals surface area (Å²) in [6.45, 7) is 0.487. The van der Waals surface area contributed by atoms with Gasteiger partial charge in [0.05, 0.1) is 5.69 Å². The van der Waals surface area contributed by atoms with Gasteiger partial charge in [-0.1, -0.05) is 28.1 Å². The Labute approximate surface area is 125 Å². The molecule has 0 heterocycles. The van der Waals surface area contributed by atoms with E-state index in [9.17, 15) is 4.39 Å². The standard InChI is InChI=1S/C15H12BrFN2O/c16-12-4-5-15(14(17)9-12)19-10-11-2-1-3-13(8-11)20-7-6-18/h1-5,8-9,19H,7,10H2. The third-order valence-corrected chi connectivity index (χ3v) is 3.11. The Hall–Kier alpha value is -2.06. The topological polar surface area (TPSA) is 45.0 Å². The van der Waals surface area contributed by atoms with Crippen molar-refractivity contribution in [3.05, 3.63) is 58.3 Å². The number of nitrogens with one attached hydrogen (secondary N) is 1. The van der Waals surface area contributed by atoms with Gasteiger partial charge in [0.1, 0.15) is 17.6 Å². The molecule has 102 valence electrons. The normalized spacial score (nSPS) is 9.85. The monoisotopic (exact) mass is 334 g/mol. The Bertz CT molecular complexity index is 640. The summed E-state index contributed by atoms with van der Waals surface area (Å²) in [7, 11) is 0. The number of ether oxygens (including phenoxy) is 1. The predicted molar refractivity (Wildman–Crippen MR) is 79.0 cm³/mol. The smallest absolute Gasteiger partial charge is 0.174 e. The van der Waals surface area contributed by atoms with E-state index >= 15 is 0 Å². The van der Waals surface area contributed by atoms with Crippen LogP contribution < -0.4 is 10.1 Å². The van der Waals surface area contributed by atoms with Crippen LogP contribution >= 0.6 is 15.9 Å². The van der Waals surface area contributed by atoms with Crippen LogP contribution in [-0.4, -0.2) is 6.61 Å². The van der Waals surface area contributed by atoms with Crippen molar-refractivity contribution < 1.29 is 9.13 Å². The molecule has 0 aliphatic carbocycles. The summed E-state index contributed by atoms with van der Waals surface area (Å²) in [5.41, 5.74) is 1.39. The van der Waals surface area contributed by atoms with Gasteiger partial charge in [-0.15, -0.1) is 0 Å². The van der Waals surface area contributed by atoms with E-state index in [-0.39, 0.29) is 12.4 Å². The molecule has 20 heavy (non-hydrogen) atoms. The zero-order valence-electron chi connectivity index (χ0n) is 10.6. The van der Waals surface area contributed by atoms with Crippen LogP contribution in [0.3, 0.4) is 0 Å². The summed E-state index contributed by atoms with van der Waals surface area (Å²) < 4.78 is 19.6. The largest absolute Gasteiger partial charge is 0.479 e. The number of nitrogens with zero attached hydrogens (tertiary/aromatic N) is 1. The van der Waals surface area contributed by atoms with Crippen molar-refractivity contribution in [3.8, 4) is 11.8 Å². The van der Waals surface area contributed by atoms with E-state index < -0.39 is 0 Å². The number of benzene rings is 2. The number of hydrogen-bond donors (Lipinski definition) is 1. The average molecular weight is 335 g/mol. The third kappa shape index (κ3) is 3.97. The molecule has 0 aliphatic heterocycles. The Balaban J connectivity index is 2.01. The van der Waals surface area contributed by atoms with Gasteiger partial charge in [-0.05, 0) is 35.9 Å². The van der Waals surface area contributed by atoms with Crippen LogP contribution in [0.25, 0.3) is 0 Å². The van der Waals surface area contributed by atoms with Gasteiger partial charge in [0.15, 0.2) is 6.61 Å². The van der Waals surface area contributed by atoms with Gasteiger partial charge >= 0.3 is 0 Å². The van der Waals surface area contributed by atoms with E-state index in [1.54, 1.807) is 18.2 Å². The van der Waals surface area contributed by atoms with Crippen molar-refractivity contribution in [1.82, 2.24) is 0 Å². The second-order valence-electron chi connectivity index (χ2n) is 4.07. The number of rotatable bonds is 5. The molecular weight excluding hydrogens is 323 g/mol. The van der Waals surface area contributed by atoms with Gasteiger partial charge in [0, 0.05) is 11.0 Å². The molecule has 0 spiro atoms. The molecule has 2 rings (SSSR count). The fourth-order valence-electron chi connectivity index (χ4n) is 1.69. The highest BCUT2D eigenvalue weighted by atomic mass is 79.9. The van der Waals surface area contributed by atoms with Gasteiger partial charge in [0.25, 0.3) is 0 Å². The van der Waals surface area contributed by atoms with Gasteiger partial charge in [-0.25, -0.2) is 4.39 Å². The summed E-state index contributed by atoms with van der Waals surface area (Å²) in [4.78, 5) is 0. The first-order valence-corrected chi connectivity index (χ1v) is 6.76. The van der Waals surface area contributed by atoms with E-state index in [4.69, 9.17) is 10.00 Å². The molecule has 3 nitrogen and oxygen atoms in total. The Morgan fingerprint density at radius 1 is 1.25 bits per heavy atom. The van der Waals surface area contributed by atoms with Crippen LogP contribution in [0.1, 0.15) is 5.56 Å². The van der Waals surface area contributed by atoms with E-state index in [1.807, 2.05) is 24.3 Å². The van der Waals surface area contributed by atoms with Crippen LogP contribution in [0.15, 0.2) is 46.9 Å². The molecule has 0 amide bonds. The molecule has 0 atom stereocenters. The lowest BCUT2D eigenvalue weighted by molar-refractivity contribution is 0.368. The predicted octanol–water partition coefficient (Wildman–Crippen LogP) is 4.10. The number of halogens is 2. The molecule has 0 fully saturated rings. The van der Waals surface area contributed by atoms with Crippen LogP contribution in [0.4, 0.5) is 10.1 Å². The highest BCUT2D eigenvalue weighted by Crippen LogP contribution is 2.20. The SMILES string of the molecule is N#CCOc1cccc(CNc2ccc(Br)cc2F)c1. The summed E-state index contributed by atoms with van der Waals surface area (Å²) in [5, 5.41) is 11.5. The molecule has 0 unspecified atom stereocenters. The molecule has 0 saturated carbocycles. The van der Waals surface area contributed by atoms with E-state index in [2.05, 4.69) is 21.2 Å². The first kappa shape index (κ1) is 14.4. The molecule has 0 saturated heterocycles. The maximum Gasteiger partial charge on any atom is 0.174 e. The average Bonchev–Trinajstić information content (AvgIpc) is 2.45. The van der Waals surface area contributed by atoms with Crippen molar-refractivity contribution in [2.45, 2.75) is 6.54 Å². The van der Waals surface area contributed by atoms with E-state index in [1.165, 1.54) is 6.07 Å². The molecule has 0 bridgehead atoms. The van der Waals surface area contributed by atoms with Gasteiger partial charge < -0.3 is 10.1 Å². The zero-order chi connectivity index (χ0) is 14.4. The van der Waals surface area contributed by atoms with Gasteiger partial charge in [0.2, 0.25) is 0 Å². The van der Waals surface area contributed by atoms with Crippen LogP contribution in [-0.2, 0) is 6.54 Å². The lowest BCUT2D eigenvalue weighted by atomic mass is 10.2. The van der Waals surface area contributed by atoms with Crippen LogP contribution in [0.5, 0.6) is 5.75 Å². The van der Waals surface area contributed by atoms with Crippen molar-refractivity contribution in [3.63, 3.8) is 0 Å². The van der Waals surface area contributed by atoms with Crippen LogP contribution in [0.2, 0.25) is 0 Å². The number of anilines is 1. The second kappa shape index (κ2) is 6.92. The van der Waals surface area contributed by atoms with E-state index in [0.29, 0.717) is 22.5 Å². The minimum atomic E-state index is -0.309. The maximum atomic E-state index is 13.6. The van der Waals surface area contributed by atoms with Crippen molar-refractivity contribution in [2.24, 2.45) is 0 Å². The zero-order valence-corrected chi connectivity index (χ0v) is 12.2. The van der Waals surface area contributed by atoms with Crippen molar-refractivity contribution >= 4 is 21.6 Å². The molecular formula is C15H12BrFN2O. The molecule has 0 aliphatic rings. The lowest BCUT2D eigenvalue weighted by Gasteiger charge is -2.09. The number of nitriles is 1. The first-order chi connectivity index (χ1) is 9.69. The van der Waals surface area contributed by atoms with Gasteiger partial charge in [-0.3, -0.25) is 0 Å². The summed E-state index contributed by atoms with van der Waals surface area (Å²) in [6, 6.07) is 14.1. The molecule has 5 heteroatoms. The van der Waals surface area contributed by atoms with Crippen molar-refractivity contribution in [2.75, 3.05) is 11.9 Å². The quantitative estimate of drug-likeness (QED) is 0.895. The van der Waals surface area contributed by atoms with Gasteiger partial charge in [-0.2, -0.15) is 5.26 Å². The van der Waals surface area contributed by atoms with Crippen LogP contribution in [0, 0.1) is 17.1 Å². The van der Waals surface area contributed by atoms with E-state index in [0.717, 1.165) is 5.56 Å². The van der Waals surface area contributed by atoms with Crippen molar-refractivity contribution in [1.29, 1.82) is 5.26 Å². The molecule has 2 aromatic rings. The minimum absolute atomic E-state index is 0.0121. The maximum absolute atomic E-state index is 13.6. The highest BCUT2D eigenvalue weighted by molar-refractivity contribution is 9.10. The molecule has 1 N–H and O–H groups in total. The molecule has 2 aromatic carbocycles. The first-order valence-electron chi connectivity index (χ1n) is 5.96. The minimum Gasteiger partial charge on any atom is -0.479 e. The summed E-state index contributed by atoms with van der Waals surface area (Å²) in [6.07, 6.45) is 0. The Morgan fingerprint density at radius 3 is 2.85 bits per heavy atom. The Morgan fingerprint density at radius 2 is 2.10 bits per heavy atom. The molecule has 0 aromatic heterocycles.